The highest BCUT2D eigenvalue weighted by Crippen LogP contribution is 2.32. The van der Waals surface area contributed by atoms with E-state index in [1.807, 2.05) is 19.1 Å². The summed E-state index contributed by atoms with van der Waals surface area (Å²) in [7, 11) is 0. The van der Waals surface area contributed by atoms with Gasteiger partial charge in [-0.2, -0.15) is 13.2 Å². The van der Waals surface area contributed by atoms with Gasteiger partial charge in [-0.15, -0.1) is 0 Å². The molecule has 0 bridgehead atoms. The van der Waals surface area contributed by atoms with Crippen LogP contribution in [0.2, 0.25) is 0 Å². The lowest BCUT2D eigenvalue weighted by Gasteiger charge is -2.10. The van der Waals surface area contributed by atoms with Gasteiger partial charge < -0.3 is 5.73 Å². The van der Waals surface area contributed by atoms with Crippen molar-refractivity contribution in [3.05, 3.63) is 53.6 Å². The fourth-order valence-electron chi connectivity index (χ4n) is 1.76. The molecule has 0 aromatic heterocycles. The van der Waals surface area contributed by atoms with Gasteiger partial charge in [0.1, 0.15) is 0 Å². The van der Waals surface area contributed by atoms with Gasteiger partial charge in [0.15, 0.2) is 0 Å². The van der Waals surface area contributed by atoms with Crippen molar-refractivity contribution >= 4 is 5.69 Å². The van der Waals surface area contributed by atoms with Gasteiger partial charge in [-0.05, 0) is 36.8 Å². The number of rotatable bonds is 1. The van der Waals surface area contributed by atoms with E-state index < -0.39 is 11.7 Å². The van der Waals surface area contributed by atoms with E-state index in [0.29, 0.717) is 11.3 Å². The number of benzene rings is 2. The molecule has 0 aliphatic rings. The molecule has 1 nitrogen and oxygen atoms in total. The van der Waals surface area contributed by atoms with Gasteiger partial charge in [-0.3, -0.25) is 0 Å². The number of anilines is 1. The minimum Gasteiger partial charge on any atom is -0.398 e. The molecule has 0 saturated carbocycles. The summed E-state index contributed by atoms with van der Waals surface area (Å²) in [5, 5.41) is 0. The lowest BCUT2D eigenvalue weighted by molar-refractivity contribution is -0.137. The predicted octanol–water partition coefficient (Wildman–Crippen LogP) is 4.26. The van der Waals surface area contributed by atoms with E-state index in [-0.39, 0.29) is 0 Å². The largest absolute Gasteiger partial charge is 0.416 e. The summed E-state index contributed by atoms with van der Waals surface area (Å²) in [6.07, 6.45) is -4.31. The summed E-state index contributed by atoms with van der Waals surface area (Å²) in [4.78, 5) is 0. The van der Waals surface area contributed by atoms with Crippen molar-refractivity contribution in [3.63, 3.8) is 0 Å². The van der Waals surface area contributed by atoms with Crippen molar-refractivity contribution < 1.29 is 13.2 Å². The van der Waals surface area contributed by atoms with Gasteiger partial charge in [0, 0.05) is 11.3 Å². The number of hydrogen-bond donors (Lipinski definition) is 1. The normalized spacial score (nSPS) is 11.6. The maximum absolute atomic E-state index is 12.4. The molecule has 2 N–H and O–H groups in total. The van der Waals surface area contributed by atoms with Crippen LogP contribution in [0.3, 0.4) is 0 Å². The standard InChI is InChI=1S/C14H12F3N/c1-9-2-7-13(18)12(8-9)10-3-5-11(6-4-10)14(15,16)17/h2-8H,18H2,1H3. The highest BCUT2D eigenvalue weighted by Gasteiger charge is 2.29. The van der Waals surface area contributed by atoms with Crippen LogP contribution in [0.1, 0.15) is 11.1 Å². The van der Waals surface area contributed by atoms with Crippen molar-refractivity contribution in [2.45, 2.75) is 13.1 Å². The summed E-state index contributed by atoms with van der Waals surface area (Å²) in [6, 6.07) is 10.5. The van der Waals surface area contributed by atoms with Crippen LogP contribution < -0.4 is 5.73 Å². The summed E-state index contributed by atoms with van der Waals surface area (Å²) in [6.45, 7) is 1.91. The summed E-state index contributed by atoms with van der Waals surface area (Å²) >= 11 is 0. The smallest absolute Gasteiger partial charge is 0.398 e. The van der Waals surface area contributed by atoms with Crippen molar-refractivity contribution in [2.24, 2.45) is 0 Å². The molecule has 18 heavy (non-hydrogen) atoms. The zero-order valence-electron chi connectivity index (χ0n) is 9.75. The highest BCUT2D eigenvalue weighted by molar-refractivity contribution is 5.76. The van der Waals surface area contributed by atoms with Crippen LogP contribution >= 0.6 is 0 Å². The van der Waals surface area contributed by atoms with Crippen molar-refractivity contribution in [3.8, 4) is 11.1 Å². The molecular formula is C14H12F3N. The highest BCUT2D eigenvalue weighted by atomic mass is 19.4. The van der Waals surface area contributed by atoms with Gasteiger partial charge >= 0.3 is 6.18 Å². The van der Waals surface area contributed by atoms with Crippen molar-refractivity contribution in [2.75, 3.05) is 5.73 Å². The summed E-state index contributed by atoms with van der Waals surface area (Å²) < 4.78 is 37.3. The molecule has 0 heterocycles. The Bertz CT molecular complexity index is 556. The quantitative estimate of drug-likeness (QED) is 0.753. The van der Waals surface area contributed by atoms with Gasteiger partial charge in [0.05, 0.1) is 5.56 Å². The molecule has 0 spiro atoms. The molecule has 0 unspecified atom stereocenters. The number of hydrogen-bond acceptors (Lipinski definition) is 1. The van der Waals surface area contributed by atoms with Crippen molar-refractivity contribution in [1.29, 1.82) is 0 Å². The second kappa shape index (κ2) is 4.37. The van der Waals surface area contributed by atoms with E-state index in [2.05, 4.69) is 0 Å². The number of aryl methyl sites for hydroxylation is 1. The maximum Gasteiger partial charge on any atom is 0.416 e. The van der Waals surface area contributed by atoms with Crippen LogP contribution in [0.25, 0.3) is 11.1 Å². The number of alkyl halides is 3. The number of halogens is 3. The Kier molecular flexibility index (Phi) is 3.03. The minimum absolute atomic E-state index is 0.556. The van der Waals surface area contributed by atoms with Gasteiger partial charge in [0.2, 0.25) is 0 Å². The molecule has 0 amide bonds. The average Bonchev–Trinajstić information content (AvgIpc) is 2.31. The fourth-order valence-corrected chi connectivity index (χ4v) is 1.76. The van der Waals surface area contributed by atoms with E-state index in [1.165, 1.54) is 12.1 Å². The first-order chi connectivity index (χ1) is 8.38. The molecule has 2 aromatic carbocycles. The molecule has 94 valence electrons. The molecule has 0 atom stereocenters. The van der Waals surface area contributed by atoms with Crippen LogP contribution in [-0.2, 0) is 6.18 Å². The van der Waals surface area contributed by atoms with Crippen LogP contribution in [0, 0.1) is 6.92 Å². The van der Waals surface area contributed by atoms with Gasteiger partial charge in [-0.25, -0.2) is 0 Å². The first-order valence-electron chi connectivity index (χ1n) is 5.42. The maximum atomic E-state index is 12.4. The minimum atomic E-state index is -4.31. The van der Waals surface area contributed by atoms with Crippen LogP contribution in [-0.4, -0.2) is 0 Å². The van der Waals surface area contributed by atoms with E-state index in [0.717, 1.165) is 23.3 Å². The number of nitrogens with two attached hydrogens (primary N) is 1. The lowest BCUT2D eigenvalue weighted by Crippen LogP contribution is -2.04. The zero-order valence-corrected chi connectivity index (χ0v) is 9.75. The van der Waals surface area contributed by atoms with Gasteiger partial charge in [0.25, 0.3) is 0 Å². The fraction of sp³-hybridized carbons (Fsp3) is 0.143. The Morgan fingerprint density at radius 1 is 0.944 bits per heavy atom. The van der Waals surface area contributed by atoms with Crippen LogP contribution in [0.4, 0.5) is 18.9 Å². The Labute approximate surface area is 103 Å². The molecule has 2 rings (SSSR count). The average molecular weight is 251 g/mol. The molecule has 0 aliphatic heterocycles. The van der Waals surface area contributed by atoms with E-state index >= 15 is 0 Å². The van der Waals surface area contributed by atoms with E-state index in [4.69, 9.17) is 5.73 Å². The Morgan fingerprint density at radius 2 is 1.56 bits per heavy atom. The topological polar surface area (TPSA) is 26.0 Å². The Hall–Kier alpha value is -1.97. The third-order valence-electron chi connectivity index (χ3n) is 2.73. The Morgan fingerprint density at radius 3 is 2.11 bits per heavy atom. The SMILES string of the molecule is Cc1ccc(N)c(-c2ccc(C(F)(F)F)cc2)c1. The third kappa shape index (κ3) is 2.47. The first-order valence-corrected chi connectivity index (χ1v) is 5.42. The van der Waals surface area contributed by atoms with Crippen molar-refractivity contribution in [1.82, 2.24) is 0 Å². The molecule has 0 saturated heterocycles. The summed E-state index contributed by atoms with van der Waals surface area (Å²) in [5.41, 5.74) is 8.17. The van der Waals surface area contributed by atoms with Gasteiger partial charge in [-0.1, -0.05) is 23.8 Å². The molecule has 4 heteroatoms. The number of nitrogen functional groups attached to an aromatic ring is 1. The second-order valence-corrected chi connectivity index (χ2v) is 4.17. The first kappa shape index (κ1) is 12.5. The molecule has 0 radical (unpaired) electrons. The summed E-state index contributed by atoms with van der Waals surface area (Å²) in [5.74, 6) is 0. The van der Waals surface area contributed by atoms with Crippen LogP contribution in [0.5, 0.6) is 0 Å². The molecule has 2 aromatic rings. The zero-order chi connectivity index (χ0) is 13.3. The molecule has 0 aliphatic carbocycles. The predicted molar refractivity (Wildman–Crippen MR) is 66.0 cm³/mol. The van der Waals surface area contributed by atoms with Crippen LogP contribution in [0.15, 0.2) is 42.5 Å². The molecule has 0 fully saturated rings. The Balaban J connectivity index is 2.43. The van der Waals surface area contributed by atoms with E-state index in [9.17, 15) is 13.2 Å². The monoisotopic (exact) mass is 251 g/mol. The molecular weight excluding hydrogens is 239 g/mol. The second-order valence-electron chi connectivity index (χ2n) is 4.17. The van der Waals surface area contributed by atoms with E-state index in [1.54, 1.807) is 6.07 Å². The third-order valence-corrected chi connectivity index (χ3v) is 2.73. The lowest BCUT2D eigenvalue weighted by atomic mass is 10.0.